The van der Waals surface area contributed by atoms with Crippen molar-refractivity contribution in [2.24, 2.45) is 5.73 Å². The summed E-state index contributed by atoms with van der Waals surface area (Å²) < 4.78 is 0. The van der Waals surface area contributed by atoms with Gasteiger partial charge in [0.2, 0.25) is 0 Å². The number of aryl methyl sites for hydroxylation is 1. The van der Waals surface area contributed by atoms with Gasteiger partial charge in [0.1, 0.15) is 0 Å². The van der Waals surface area contributed by atoms with Gasteiger partial charge in [0.15, 0.2) is 5.16 Å². The van der Waals surface area contributed by atoms with E-state index in [1.54, 1.807) is 11.8 Å². The number of nitrogens with two attached hydrogens (primary N) is 1. The van der Waals surface area contributed by atoms with E-state index in [2.05, 4.69) is 16.9 Å². The van der Waals surface area contributed by atoms with Crippen molar-refractivity contribution in [3.05, 3.63) is 22.1 Å². The van der Waals surface area contributed by atoms with E-state index < -0.39 is 0 Å². The van der Waals surface area contributed by atoms with Crippen LogP contribution < -0.4 is 11.3 Å². The molecule has 0 fully saturated rings. The van der Waals surface area contributed by atoms with Crippen LogP contribution in [0.15, 0.2) is 16.0 Å². The third kappa shape index (κ3) is 4.81. The number of aromatic amines is 1. The molecule has 0 spiro atoms. The molecule has 0 amide bonds. The van der Waals surface area contributed by atoms with Gasteiger partial charge in [-0.2, -0.15) is 0 Å². The zero-order valence-corrected chi connectivity index (χ0v) is 10.6. The molecule has 0 saturated carbocycles. The van der Waals surface area contributed by atoms with Crippen LogP contribution in [-0.2, 0) is 0 Å². The predicted molar refractivity (Wildman–Crippen MR) is 67.8 cm³/mol. The van der Waals surface area contributed by atoms with Gasteiger partial charge in [0, 0.05) is 23.6 Å². The average molecular weight is 241 g/mol. The molecule has 1 unspecified atom stereocenters. The standard InChI is InChI=1S/C11H19N3OS/c1-3-9(12)5-4-6-16-11-13-8(2)7-10(15)14-11/h7,9H,3-6,12H2,1-2H3,(H,13,14,15). The molecule has 5 heteroatoms. The van der Waals surface area contributed by atoms with Crippen molar-refractivity contribution in [2.75, 3.05) is 5.75 Å². The van der Waals surface area contributed by atoms with Crippen molar-refractivity contribution < 1.29 is 0 Å². The second-order valence-corrected chi connectivity index (χ2v) is 4.93. The summed E-state index contributed by atoms with van der Waals surface area (Å²) in [6, 6.07) is 1.79. The number of thioether (sulfide) groups is 1. The first kappa shape index (κ1) is 13.3. The summed E-state index contributed by atoms with van der Waals surface area (Å²) in [4.78, 5) is 18.1. The van der Waals surface area contributed by atoms with Crippen LogP contribution in [0.5, 0.6) is 0 Å². The van der Waals surface area contributed by atoms with E-state index in [0.717, 1.165) is 30.7 Å². The van der Waals surface area contributed by atoms with E-state index in [1.165, 1.54) is 6.07 Å². The highest BCUT2D eigenvalue weighted by Crippen LogP contribution is 2.14. The molecule has 0 aliphatic rings. The Morgan fingerprint density at radius 3 is 3.00 bits per heavy atom. The van der Waals surface area contributed by atoms with Crippen molar-refractivity contribution in [1.29, 1.82) is 0 Å². The van der Waals surface area contributed by atoms with Crippen LogP contribution in [0.25, 0.3) is 0 Å². The maximum Gasteiger partial charge on any atom is 0.251 e. The molecule has 0 bridgehead atoms. The van der Waals surface area contributed by atoms with Crippen LogP contribution in [0.3, 0.4) is 0 Å². The van der Waals surface area contributed by atoms with Crippen molar-refractivity contribution in [3.63, 3.8) is 0 Å². The van der Waals surface area contributed by atoms with E-state index in [4.69, 9.17) is 5.73 Å². The van der Waals surface area contributed by atoms with Crippen LogP contribution >= 0.6 is 11.8 Å². The van der Waals surface area contributed by atoms with E-state index in [-0.39, 0.29) is 5.56 Å². The largest absolute Gasteiger partial charge is 0.328 e. The minimum absolute atomic E-state index is 0.0831. The Balaban J connectivity index is 2.34. The first-order valence-corrected chi connectivity index (χ1v) is 6.56. The molecular weight excluding hydrogens is 222 g/mol. The SMILES string of the molecule is CCC(N)CCCSc1nc(C)cc(=O)[nH]1. The highest BCUT2D eigenvalue weighted by Gasteiger charge is 2.01. The fourth-order valence-electron chi connectivity index (χ4n) is 1.34. The summed E-state index contributed by atoms with van der Waals surface area (Å²) in [6.07, 6.45) is 3.10. The number of hydrogen-bond donors (Lipinski definition) is 2. The smallest absolute Gasteiger partial charge is 0.251 e. The van der Waals surface area contributed by atoms with E-state index in [0.29, 0.717) is 11.2 Å². The van der Waals surface area contributed by atoms with Crippen LogP contribution in [0.4, 0.5) is 0 Å². The van der Waals surface area contributed by atoms with E-state index in [1.807, 2.05) is 6.92 Å². The molecule has 1 aromatic rings. The number of nitrogens with zero attached hydrogens (tertiary/aromatic N) is 1. The fourth-order valence-corrected chi connectivity index (χ4v) is 2.22. The molecule has 1 aromatic heterocycles. The molecule has 1 atom stereocenters. The Hall–Kier alpha value is -0.810. The van der Waals surface area contributed by atoms with Gasteiger partial charge in [-0.3, -0.25) is 4.79 Å². The van der Waals surface area contributed by atoms with E-state index >= 15 is 0 Å². The Morgan fingerprint density at radius 2 is 2.38 bits per heavy atom. The summed E-state index contributed by atoms with van der Waals surface area (Å²) in [5.74, 6) is 0.945. The van der Waals surface area contributed by atoms with Gasteiger partial charge >= 0.3 is 0 Å². The van der Waals surface area contributed by atoms with Crippen LogP contribution in [0.2, 0.25) is 0 Å². The fraction of sp³-hybridized carbons (Fsp3) is 0.636. The van der Waals surface area contributed by atoms with Gasteiger partial charge < -0.3 is 10.7 Å². The number of hydrogen-bond acceptors (Lipinski definition) is 4. The molecule has 0 aliphatic heterocycles. The Kier molecular flexibility index (Phi) is 5.55. The zero-order valence-electron chi connectivity index (χ0n) is 9.82. The molecular formula is C11H19N3OS. The zero-order chi connectivity index (χ0) is 12.0. The Morgan fingerprint density at radius 1 is 1.62 bits per heavy atom. The van der Waals surface area contributed by atoms with Gasteiger partial charge in [-0.05, 0) is 26.2 Å². The lowest BCUT2D eigenvalue weighted by molar-refractivity contribution is 0.589. The number of rotatable bonds is 6. The van der Waals surface area contributed by atoms with Gasteiger partial charge in [-0.1, -0.05) is 18.7 Å². The monoisotopic (exact) mass is 241 g/mol. The number of nitrogens with one attached hydrogen (secondary N) is 1. The molecule has 0 saturated heterocycles. The average Bonchev–Trinajstić information content (AvgIpc) is 2.22. The van der Waals surface area contributed by atoms with Crippen molar-refractivity contribution >= 4 is 11.8 Å². The highest BCUT2D eigenvalue weighted by molar-refractivity contribution is 7.99. The van der Waals surface area contributed by atoms with Crippen LogP contribution in [0, 0.1) is 6.92 Å². The van der Waals surface area contributed by atoms with Gasteiger partial charge in [-0.15, -0.1) is 0 Å². The lowest BCUT2D eigenvalue weighted by Crippen LogP contribution is -2.18. The predicted octanol–water partition coefficient (Wildman–Crippen LogP) is 1.69. The van der Waals surface area contributed by atoms with Crippen molar-refractivity contribution in [2.45, 2.75) is 44.3 Å². The molecule has 3 N–H and O–H groups in total. The van der Waals surface area contributed by atoms with Gasteiger partial charge in [0.25, 0.3) is 5.56 Å². The second kappa shape index (κ2) is 6.70. The molecule has 90 valence electrons. The molecule has 0 aliphatic carbocycles. The highest BCUT2D eigenvalue weighted by atomic mass is 32.2. The quantitative estimate of drug-likeness (QED) is 0.451. The third-order valence-corrected chi connectivity index (χ3v) is 3.29. The lowest BCUT2D eigenvalue weighted by Gasteiger charge is -2.07. The minimum atomic E-state index is -0.0831. The first-order chi connectivity index (χ1) is 7.61. The second-order valence-electron chi connectivity index (χ2n) is 3.85. The summed E-state index contributed by atoms with van der Waals surface area (Å²) in [5.41, 5.74) is 6.50. The van der Waals surface area contributed by atoms with Crippen molar-refractivity contribution in [3.8, 4) is 0 Å². The molecule has 16 heavy (non-hydrogen) atoms. The number of aromatic nitrogens is 2. The number of H-pyrrole nitrogens is 1. The molecule has 4 nitrogen and oxygen atoms in total. The lowest BCUT2D eigenvalue weighted by atomic mass is 10.1. The molecule has 0 aromatic carbocycles. The summed E-state index contributed by atoms with van der Waals surface area (Å²) in [7, 11) is 0. The normalized spacial score (nSPS) is 12.7. The van der Waals surface area contributed by atoms with Gasteiger partial charge in [-0.25, -0.2) is 4.98 Å². The van der Waals surface area contributed by atoms with Gasteiger partial charge in [0.05, 0.1) is 0 Å². The summed E-state index contributed by atoms with van der Waals surface area (Å²) in [6.45, 7) is 3.92. The maximum atomic E-state index is 11.2. The summed E-state index contributed by atoms with van der Waals surface area (Å²) >= 11 is 1.58. The van der Waals surface area contributed by atoms with E-state index in [9.17, 15) is 4.79 Å². The minimum Gasteiger partial charge on any atom is -0.328 e. The molecule has 1 rings (SSSR count). The Labute approximate surface area is 100 Å². The summed E-state index contributed by atoms with van der Waals surface area (Å²) in [5, 5.41) is 0.704. The third-order valence-electron chi connectivity index (χ3n) is 2.33. The van der Waals surface area contributed by atoms with Crippen LogP contribution in [-0.4, -0.2) is 21.8 Å². The maximum absolute atomic E-state index is 11.2. The molecule has 0 radical (unpaired) electrons. The first-order valence-electron chi connectivity index (χ1n) is 5.58. The van der Waals surface area contributed by atoms with Crippen LogP contribution in [0.1, 0.15) is 31.9 Å². The van der Waals surface area contributed by atoms with Crippen molar-refractivity contribution in [1.82, 2.24) is 9.97 Å². The molecule has 1 heterocycles. The Bertz CT molecular complexity index is 378. The topological polar surface area (TPSA) is 71.8 Å².